The first-order valence-electron chi connectivity index (χ1n) is 9.24. The molecule has 144 valence electrons. The van der Waals surface area contributed by atoms with Crippen LogP contribution in [0.3, 0.4) is 0 Å². The summed E-state index contributed by atoms with van der Waals surface area (Å²) in [6.45, 7) is 4.69. The fourth-order valence-electron chi connectivity index (χ4n) is 3.07. The van der Waals surface area contributed by atoms with Crippen molar-refractivity contribution in [1.29, 1.82) is 0 Å². The third-order valence-corrected chi connectivity index (χ3v) is 5.16. The van der Waals surface area contributed by atoms with Gasteiger partial charge in [-0.3, -0.25) is 14.5 Å². The summed E-state index contributed by atoms with van der Waals surface area (Å²) in [6, 6.07) is 4.98. The number of nitrogens with zero attached hydrogens (tertiary/aromatic N) is 1. The standard InChI is InChI=1S/C19H27Cl2N3O2/c1-2-3-4-9-22-19(26)14-7-10-24(11-8-14)13-18(25)23-17-6-5-15(20)12-16(17)21/h5-6,12,14H,2-4,7-11,13H2,1H3,(H,22,26)(H,23,25). The Labute approximate surface area is 165 Å². The maximum Gasteiger partial charge on any atom is 0.238 e. The van der Waals surface area contributed by atoms with Crippen LogP contribution < -0.4 is 10.6 Å². The van der Waals surface area contributed by atoms with Crippen LogP contribution in [0.5, 0.6) is 0 Å². The summed E-state index contributed by atoms with van der Waals surface area (Å²) in [5.74, 6) is 0.0940. The highest BCUT2D eigenvalue weighted by atomic mass is 35.5. The number of benzene rings is 1. The molecule has 0 unspecified atom stereocenters. The van der Waals surface area contributed by atoms with E-state index in [1.54, 1.807) is 18.2 Å². The van der Waals surface area contributed by atoms with Crippen LogP contribution in [0.25, 0.3) is 0 Å². The van der Waals surface area contributed by atoms with Crippen molar-refractivity contribution in [2.75, 3.05) is 31.5 Å². The second-order valence-corrected chi connectivity index (χ2v) is 7.56. The molecule has 0 aromatic heterocycles. The molecule has 1 aromatic carbocycles. The van der Waals surface area contributed by atoms with Crippen molar-refractivity contribution in [3.05, 3.63) is 28.2 Å². The molecule has 5 nitrogen and oxygen atoms in total. The third kappa shape index (κ3) is 6.78. The lowest BCUT2D eigenvalue weighted by atomic mass is 9.96. The van der Waals surface area contributed by atoms with Gasteiger partial charge in [-0.1, -0.05) is 43.0 Å². The van der Waals surface area contributed by atoms with Crippen molar-refractivity contribution in [3.8, 4) is 0 Å². The number of nitrogens with one attached hydrogen (secondary N) is 2. The molecule has 1 saturated heterocycles. The molecule has 0 atom stereocenters. The Kier molecular flexibility index (Phi) is 8.69. The maximum atomic E-state index is 12.2. The van der Waals surface area contributed by atoms with Gasteiger partial charge in [-0.05, 0) is 50.6 Å². The molecule has 1 aliphatic heterocycles. The smallest absolute Gasteiger partial charge is 0.238 e. The molecule has 1 aliphatic rings. The molecule has 0 bridgehead atoms. The zero-order valence-electron chi connectivity index (χ0n) is 15.2. The monoisotopic (exact) mass is 399 g/mol. The van der Waals surface area contributed by atoms with Crippen LogP contribution in [0.4, 0.5) is 5.69 Å². The minimum atomic E-state index is -0.114. The summed E-state index contributed by atoms with van der Waals surface area (Å²) < 4.78 is 0. The first kappa shape index (κ1) is 21.0. The summed E-state index contributed by atoms with van der Waals surface area (Å²) >= 11 is 11.9. The summed E-state index contributed by atoms with van der Waals surface area (Å²) in [6.07, 6.45) is 4.90. The van der Waals surface area contributed by atoms with Gasteiger partial charge in [-0.2, -0.15) is 0 Å². The lowest BCUT2D eigenvalue weighted by Crippen LogP contribution is -2.43. The Balaban J connectivity index is 1.71. The van der Waals surface area contributed by atoms with Crippen LogP contribution >= 0.6 is 23.2 Å². The fraction of sp³-hybridized carbons (Fsp3) is 0.579. The molecule has 2 N–H and O–H groups in total. The molecule has 0 aliphatic carbocycles. The summed E-state index contributed by atoms with van der Waals surface area (Å²) in [7, 11) is 0. The Hall–Kier alpha value is -1.30. The molecule has 2 rings (SSSR count). The number of hydrogen-bond acceptors (Lipinski definition) is 3. The highest BCUT2D eigenvalue weighted by Crippen LogP contribution is 2.25. The van der Waals surface area contributed by atoms with E-state index < -0.39 is 0 Å². The number of piperidine rings is 1. The van der Waals surface area contributed by atoms with Gasteiger partial charge in [0.15, 0.2) is 0 Å². The van der Waals surface area contributed by atoms with Crippen molar-refractivity contribution in [1.82, 2.24) is 10.2 Å². The molecule has 0 spiro atoms. The quantitative estimate of drug-likeness (QED) is 0.650. The normalized spacial score (nSPS) is 15.7. The minimum absolute atomic E-state index is 0.0571. The summed E-state index contributed by atoms with van der Waals surface area (Å²) in [4.78, 5) is 26.4. The van der Waals surface area contributed by atoms with E-state index in [1.165, 1.54) is 0 Å². The largest absolute Gasteiger partial charge is 0.356 e. The first-order valence-corrected chi connectivity index (χ1v) is 10.00. The number of carbonyl (C=O) groups excluding carboxylic acids is 2. The predicted molar refractivity (Wildman–Crippen MR) is 107 cm³/mol. The molecule has 0 radical (unpaired) electrons. The van der Waals surface area contributed by atoms with Crippen LogP contribution in [0, 0.1) is 5.92 Å². The number of halogens is 2. The topological polar surface area (TPSA) is 61.4 Å². The van der Waals surface area contributed by atoms with E-state index in [2.05, 4.69) is 22.5 Å². The number of rotatable bonds is 8. The van der Waals surface area contributed by atoms with E-state index in [4.69, 9.17) is 23.2 Å². The van der Waals surface area contributed by atoms with Crippen LogP contribution in [-0.4, -0.2) is 42.9 Å². The zero-order chi connectivity index (χ0) is 18.9. The Morgan fingerprint density at radius 3 is 2.58 bits per heavy atom. The number of unbranched alkanes of at least 4 members (excludes halogenated alkanes) is 2. The molecule has 0 saturated carbocycles. The van der Waals surface area contributed by atoms with Gasteiger partial charge in [0.25, 0.3) is 0 Å². The van der Waals surface area contributed by atoms with Crippen molar-refractivity contribution >= 4 is 40.7 Å². The van der Waals surface area contributed by atoms with Gasteiger partial charge in [-0.15, -0.1) is 0 Å². The van der Waals surface area contributed by atoms with E-state index in [9.17, 15) is 9.59 Å². The van der Waals surface area contributed by atoms with Gasteiger partial charge >= 0.3 is 0 Å². The highest BCUT2D eigenvalue weighted by molar-refractivity contribution is 6.36. The number of likely N-dealkylation sites (tertiary alicyclic amines) is 1. The zero-order valence-corrected chi connectivity index (χ0v) is 16.7. The third-order valence-electron chi connectivity index (χ3n) is 4.61. The molecule has 7 heteroatoms. The number of amides is 2. The van der Waals surface area contributed by atoms with E-state index >= 15 is 0 Å². The maximum absolute atomic E-state index is 12.2. The minimum Gasteiger partial charge on any atom is -0.356 e. The van der Waals surface area contributed by atoms with Crippen LogP contribution in [-0.2, 0) is 9.59 Å². The average Bonchev–Trinajstić information content (AvgIpc) is 2.61. The Morgan fingerprint density at radius 1 is 1.19 bits per heavy atom. The predicted octanol–water partition coefficient (Wildman–Crippen LogP) is 3.95. The van der Waals surface area contributed by atoms with Crippen molar-refractivity contribution in [2.45, 2.75) is 39.0 Å². The molecular formula is C19H27Cl2N3O2. The van der Waals surface area contributed by atoms with Gasteiger partial charge in [0.1, 0.15) is 0 Å². The number of carbonyl (C=O) groups is 2. The second kappa shape index (κ2) is 10.8. The van der Waals surface area contributed by atoms with Crippen LogP contribution in [0.2, 0.25) is 10.0 Å². The van der Waals surface area contributed by atoms with Gasteiger partial charge in [-0.25, -0.2) is 0 Å². The Morgan fingerprint density at radius 2 is 1.92 bits per heavy atom. The van der Waals surface area contributed by atoms with E-state index in [0.717, 1.165) is 51.7 Å². The molecule has 26 heavy (non-hydrogen) atoms. The van der Waals surface area contributed by atoms with Crippen molar-refractivity contribution in [3.63, 3.8) is 0 Å². The van der Waals surface area contributed by atoms with Gasteiger partial charge < -0.3 is 10.6 Å². The van der Waals surface area contributed by atoms with Gasteiger partial charge in [0.2, 0.25) is 11.8 Å². The van der Waals surface area contributed by atoms with Crippen molar-refractivity contribution < 1.29 is 9.59 Å². The molecule has 1 aromatic rings. The fourth-order valence-corrected chi connectivity index (χ4v) is 3.52. The lowest BCUT2D eigenvalue weighted by Gasteiger charge is -2.30. The summed E-state index contributed by atoms with van der Waals surface area (Å²) in [5.41, 5.74) is 0.558. The number of hydrogen-bond donors (Lipinski definition) is 2. The van der Waals surface area contributed by atoms with Crippen LogP contribution in [0.15, 0.2) is 18.2 Å². The summed E-state index contributed by atoms with van der Waals surface area (Å²) in [5, 5.41) is 6.78. The van der Waals surface area contributed by atoms with E-state index in [1.807, 2.05) is 0 Å². The molecule has 1 heterocycles. The van der Waals surface area contributed by atoms with Crippen molar-refractivity contribution in [2.24, 2.45) is 5.92 Å². The van der Waals surface area contributed by atoms with Crippen LogP contribution in [0.1, 0.15) is 39.0 Å². The van der Waals surface area contributed by atoms with E-state index in [0.29, 0.717) is 22.3 Å². The molecular weight excluding hydrogens is 373 g/mol. The molecule has 1 fully saturated rings. The van der Waals surface area contributed by atoms with E-state index in [-0.39, 0.29) is 17.7 Å². The van der Waals surface area contributed by atoms with Gasteiger partial charge in [0, 0.05) is 17.5 Å². The lowest BCUT2D eigenvalue weighted by molar-refractivity contribution is -0.126. The van der Waals surface area contributed by atoms with Gasteiger partial charge in [0.05, 0.1) is 17.3 Å². The average molecular weight is 400 g/mol. The second-order valence-electron chi connectivity index (χ2n) is 6.72. The highest BCUT2D eigenvalue weighted by Gasteiger charge is 2.25. The number of anilines is 1. The SMILES string of the molecule is CCCCCNC(=O)C1CCN(CC(=O)Nc2ccc(Cl)cc2Cl)CC1. The molecule has 2 amide bonds. The first-order chi connectivity index (χ1) is 12.5. The Bertz CT molecular complexity index is 617.